The molecule has 0 amide bonds. The van der Waals surface area contributed by atoms with Crippen LogP contribution in [-0.4, -0.2) is 34.2 Å². The number of hydrogen-bond donors (Lipinski definition) is 1. The predicted molar refractivity (Wildman–Crippen MR) is 90.9 cm³/mol. The first kappa shape index (κ1) is 15.7. The number of nitrogens with zero attached hydrogens (tertiary/aromatic N) is 2. The number of aliphatic hydroxyl groups is 1. The lowest BCUT2D eigenvalue weighted by atomic mass is 9.77. The number of rotatable bonds is 6. The van der Waals surface area contributed by atoms with Crippen molar-refractivity contribution in [2.75, 3.05) is 13.1 Å². The molecule has 0 aromatic carbocycles. The molecular formula is C18H24N2OS. The van der Waals surface area contributed by atoms with Gasteiger partial charge in [0.15, 0.2) is 0 Å². The zero-order valence-electron chi connectivity index (χ0n) is 13.1. The Hall–Kier alpha value is -1.23. The zero-order chi connectivity index (χ0) is 15.4. The van der Waals surface area contributed by atoms with Crippen molar-refractivity contribution in [3.8, 4) is 0 Å². The summed E-state index contributed by atoms with van der Waals surface area (Å²) in [4.78, 5) is 8.07. The maximum Gasteiger partial charge on any atom is 0.0581 e. The molecule has 1 aliphatic rings. The Morgan fingerprint density at radius 1 is 1.41 bits per heavy atom. The van der Waals surface area contributed by atoms with E-state index < -0.39 is 0 Å². The summed E-state index contributed by atoms with van der Waals surface area (Å²) in [6.45, 7) is 4.93. The van der Waals surface area contributed by atoms with Crippen LogP contribution >= 0.6 is 11.3 Å². The number of hydrogen-bond acceptors (Lipinski definition) is 4. The van der Waals surface area contributed by atoms with Gasteiger partial charge in [-0.2, -0.15) is 0 Å². The van der Waals surface area contributed by atoms with E-state index in [4.69, 9.17) is 0 Å². The van der Waals surface area contributed by atoms with E-state index in [1.54, 1.807) is 0 Å². The number of aromatic nitrogens is 1. The average Bonchev–Trinajstić information content (AvgIpc) is 3.16. The van der Waals surface area contributed by atoms with Gasteiger partial charge in [-0.1, -0.05) is 12.1 Å². The van der Waals surface area contributed by atoms with Crippen LogP contribution in [0.3, 0.4) is 0 Å². The summed E-state index contributed by atoms with van der Waals surface area (Å²) in [7, 11) is 0. The highest BCUT2D eigenvalue weighted by Gasteiger charge is 2.41. The molecule has 1 saturated heterocycles. The van der Waals surface area contributed by atoms with Crippen molar-refractivity contribution in [3.05, 3.63) is 52.5 Å². The maximum absolute atomic E-state index is 10.4. The molecule has 0 spiro atoms. The first-order valence-corrected chi connectivity index (χ1v) is 8.88. The Labute approximate surface area is 136 Å². The highest BCUT2D eigenvalue weighted by Crippen LogP contribution is 2.39. The van der Waals surface area contributed by atoms with Crippen molar-refractivity contribution in [3.63, 3.8) is 0 Å². The molecule has 0 aliphatic carbocycles. The third-order valence-corrected chi connectivity index (χ3v) is 5.87. The quantitative estimate of drug-likeness (QED) is 0.888. The smallest absolute Gasteiger partial charge is 0.0581 e. The summed E-state index contributed by atoms with van der Waals surface area (Å²) >= 11 is 1.82. The van der Waals surface area contributed by atoms with E-state index in [9.17, 15) is 5.11 Å². The molecule has 118 valence electrons. The minimum Gasteiger partial charge on any atom is -0.393 e. The molecule has 1 fully saturated rings. The van der Waals surface area contributed by atoms with Crippen molar-refractivity contribution in [2.24, 2.45) is 5.41 Å². The van der Waals surface area contributed by atoms with E-state index in [-0.39, 0.29) is 11.5 Å². The van der Waals surface area contributed by atoms with Crippen molar-refractivity contribution in [1.82, 2.24) is 9.88 Å². The largest absolute Gasteiger partial charge is 0.393 e. The number of thiophene rings is 1. The Morgan fingerprint density at radius 2 is 2.32 bits per heavy atom. The van der Waals surface area contributed by atoms with E-state index in [0.717, 1.165) is 38.9 Å². The number of likely N-dealkylation sites (tertiary alicyclic amines) is 1. The summed E-state index contributed by atoms with van der Waals surface area (Å²) < 4.78 is 0. The van der Waals surface area contributed by atoms with Crippen LogP contribution in [0.1, 0.15) is 30.2 Å². The highest BCUT2D eigenvalue weighted by atomic mass is 32.1. The molecule has 2 aromatic rings. The third-order valence-electron chi connectivity index (χ3n) is 4.93. The Kier molecular flexibility index (Phi) is 4.91. The molecule has 1 unspecified atom stereocenters. The van der Waals surface area contributed by atoms with Crippen LogP contribution in [0.25, 0.3) is 0 Å². The number of aliphatic hydroxyl groups excluding tert-OH is 1. The fraction of sp³-hybridized carbons (Fsp3) is 0.500. The third kappa shape index (κ3) is 3.57. The molecule has 0 saturated carbocycles. The van der Waals surface area contributed by atoms with Crippen LogP contribution in [0, 0.1) is 5.41 Å². The van der Waals surface area contributed by atoms with Crippen LogP contribution in [0.4, 0.5) is 0 Å². The van der Waals surface area contributed by atoms with Crippen LogP contribution < -0.4 is 0 Å². The van der Waals surface area contributed by atoms with Gasteiger partial charge in [-0.3, -0.25) is 9.88 Å². The molecule has 3 rings (SSSR count). The van der Waals surface area contributed by atoms with E-state index in [2.05, 4.69) is 33.5 Å². The molecule has 1 N–H and O–H groups in total. The summed E-state index contributed by atoms with van der Waals surface area (Å²) in [6.07, 6.45) is 6.71. The van der Waals surface area contributed by atoms with Gasteiger partial charge in [0.1, 0.15) is 0 Å². The normalized spacial score (nSPS) is 23.7. The lowest BCUT2D eigenvalue weighted by Gasteiger charge is -2.32. The molecule has 3 heterocycles. The molecule has 0 bridgehead atoms. The van der Waals surface area contributed by atoms with Gasteiger partial charge in [-0.25, -0.2) is 0 Å². The molecule has 1 aliphatic heterocycles. The van der Waals surface area contributed by atoms with E-state index in [1.807, 2.05) is 36.7 Å². The van der Waals surface area contributed by atoms with Crippen molar-refractivity contribution >= 4 is 11.3 Å². The number of aryl methyl sites for hydroxylation is 1. The van der Waals surface area contributed by atoms with Gasteiger partial charge in [-0.05, 0) is 55.8 Å². The average molecular weight is 316 g/mol. The first-order valence-electron chi connectivity index (χ1n) is 8.00. The minimum absolute atomic E-state index is 0.0339. The molecule has 2 atom stereocenters. The van der Waals surface area contributed by atoms with Gasteiger partial charge in [0, 0.05) is 35.8 Å². The predicted octanol–water partition coefficient (Wildman–Crippen LogP) is 3.35. The van der Waals surface area contributed by atoms with E-state index in [0.29, 0.717) is 0 Å². The molecule has 4 heteroatoms. The van der Waals surface area contributed by atoms with Gasteiger partial charge >= 0.3 is 0 Å². The monoisotopic (exact) mass is 316 g/mol. The van der Waals surface area contributed by atoms with E-state index in [1.165, 1.54) is 10.4 Å². The Balaban J connectivity index is 1.62. The van der Waals surface area contributed by atoms with Crippen LogP contribution in [0.5, 0.6) is 0 Å². The van der Waals surface area contributed by atoms with Crippen LogP contribution in [0.15, 0.2) is 42.0 Å². The second-order valence-corrected chi connectivity index (χ2v) is 7.47. The second kappa shape index (κ2) is 6.90. The Morgan fingerprint density at radius 3 is 3.00 bits per heavy atom. The fourth-order valence-corrected chi connectivity index (χ4v) is 4.16. The standard InChI is InChI=1S/C18H24N2OS/c1-15(21)18(7-6-17-5-3-11-22-17)8-10-20(14-18)13-16-4-2-9-19-12-16/h2-5,9,11-12,15,21H,6-8,10,13-14H2,1H3/t15-,18?/m1/s1. The number of pyridine rings is 1. The first-order chi connectivity index (χ1) is 10.7. The fourth-order valence-electron chi connectivity index (χ4n) is 3.45. The molecule has 22 heavy (non-hydrogen) atoms. The topological polar surface area (TPSA) is 36.4 Å². The van der Waals surface area contributed by atoms with Gasteiger partial charge in [0.05, 0.1) is 6.10 Å². The molecule has 0 radical (unpaired) electrons. The van der Waals surface area contributed by atoms with E-state index >= 15 is 0 Å². The van der Waals surface area contributed by atoms with Gasteiger partial charge < -0.3 is 5.11 Å². The summed E-state index contributed by atoms with van der Waals surface area (Å²) in [5.74, 6) is 0. The minimum atomic E-state index is -0.258. The molecule has 2 aromatic heterocycles. The van der Waals surface area contributed by atoms with Gasteiger partial charge in [0.2, 0.25) is 0 Å². The molecule has 3 nitrogen and oxygen atoms in total. The zero-order valence-corrected chi connectivity index (χ0v) is 13.9. The van der Waals surface area contributed by atoms with Crippen molar-refractivity contribution in [2.45, 2.75) is 38.8 Å². The summed E-state index contributed by atoms with van der Waals surface area (Å²) in [5.41, 5.74) is 1.29. The summed E-state index contributed by atoms with van der Waals surface area (Å²) in [5, 5.41) is 12.5. The second-order valence-electron chi connectivity index (χ2n) is 6.44. The van der Waals surface area contributed by atoms with Crippen molar-refractivity contribution < 1.29 is 5.11 Å². The van der Waals surface area contributed by atoms with Crippen molar-refractivity contribution in [1.29, 1.82) is 0 Å². The Bertz CT molecular complexity index is 570. The van der Waals surface area contributed by atoms with Gasteiger partial charge in [-0.15, -0.1) is 11.3 Å². The SMILES string of the molecule is C[C@@H](O)C1(CCc2cccs2)CCN(Cc2cccnc2)C1. The van der Waals surface area contributed by atoms with Crippen LogP contribution in [0.2, 0.25) is 0 Å². The lowest BCUT2D eigenvalue weighted by Crippen LogP contribution is -2.36. The van der Waals surface area contributed by atoms with Crippen LogP contribution in [-0.2, 0) is 13.0 Å². The van der Waals surface area contributed by atoms with Gasteiger partial charge in [0.25, 0.3) is 0 Å². The maximum atomic E-state index is 10.4. The lowest BCUT2D eigenvalue weighted by molar-refractivity contribution is 0.0375. The molecular weight excluding hydrogens is 292 g/mol. The summed E-state index contributed by atoms with van der Waals surface area (Å²) in [6, 6.07) is 8.42. The highest BCUT2D eigenvalue weighted by molar-refractivity contribution is 7.09.